The van der Waals surface area contributed by atoms with Crippen LogP contribution in [0.1, 0.15) is 36.6 Å². The van der Waals surface area contributed by atoms with Gasteiger partial charge in [0.25, 0.3) is 0 Å². The average molecular weight is 294 g/mol. The fourth-order valence-electron chi connectivity index (χ4n) is 2.84. The van der Waals surface area contributed by atoms with Gasteiger partial charge in [0.15, 0.2) is 0 Å². The topological polar surface area (TPSA) is 38.1 Å². The predicted molar refractivity (Wildman–Crippen MR) is 89.8 cm³/mol. The summed E-state index contributed by atoms with van der Waals surface area (Å²) < 4.78 is 2.03. The van der Waals surface area contributed by atoms with Crippen molar-refractivity contribution in [3.8, 4) is 0 Å². The van der Waals surface area contributed by atoms with Gasteiger partial charge in [0.2, 0.25) is 0 Å². The molecule has 3 rings (SSSR count). The lowest BCUT2D eigenvalue weighted by atomic mass is 9.97. The molecule has 0 fully saturated rings. The maximum Gasteiger partial charge on any atom is 0.104 e. The van der Waals surface area contributed by atoms with Crippen molar-refractivity contribution >= 4 is 10.9 Å². The summed E-state index contributed by atoms with van der Waals surface area (Å²) in [5.74, 6) is 0.556. The van der Waals surface area contributed by atoms with E-state index in [9.17, 15) is 5.11 Å². The Balaban J connectivity index is 1.97. The fourth-order valence-corrected chi connectivity index (χ4v) is 2.84. The minimum absolute atomic E-state index is 0.556. The molecule has 0 radical (unpaired) electrons. The van der Waals surface area contributed by atoms with Gasteiger partial charge in [-0.15, -0.1) is 0 Å². The van der Waals surface area contributed by atoms with Gasteiger partial charge in [-0.1, -0.05) is 44.2 Å². The molecule has 0 bridgehead atoms. The van der Waals surface area contributed by atoms with E-state index in [0.29, 0.717) is 5.92 Å². The highest BCUT2D eigenvalue weighted by Crippen LogP contribution is 2.27. The second-order valence-corrected chi connectivity index (χ2v) is 6.30. The summed E-state index contributed by atoms with van der Waals surface area (Å²) in [5, 5.41) is 16.2. The van der Waals surface area contributed by atoms with Crippen LogP contribution in [-0.2, 0) is 6.54 Å². The molecule has 22 heavy (non-hydrogen) atoms. The lowest BCUT2D eigenvalue weighted by molar-refractivity contribution is 0.219. The predicted octanol–water partition coefficient (Wildman–Crippen LogP) is 4.08. The van der Waals surface area contributed by atoms with Crippen molar-refractivity contribution in [1.82, 2.24) is 9.78 Å². The molecule has 3 nitrogen and oxygen atoms in total. The first-order valence-corrected chi connectivity index (χ1v) is 7.75. The Morgan fingerprint density at radius 1 is 1.14 bits per heavy atom. The van der Waals surface area contributed by atoms with E-state index in [1.54, 1.807) is 0 Å². The molecule has 0 aliphatic heterocycles. The second kappa shape index (κ2) is 5.93. The van der Waals surface area contributed by atoms with Crippen LogP contribution in [0.25, 0.3) is 10.9 Å². The van der Waals surface area contributed by atoms with Gasteiger partial charge in [-0.3, -0.25) is 4.68 Å². The van der Waals surface area contributed by atoms with Crippen molar-refractivity contribution < 1.29 is 5.11 Å². The maximum atomic E-state index is 10.7. The second-order valence-electron chi connectivity index (χ2n) is 6.30. The molecule has 0 aliphatic rings. The van der Waals surface area contributed by atoms with E-state index in [4.69, 9.17) is 0 Å². The van der Waals surface area contributed by atoms with E-state index < -0.39 is 6.10 Å². The molecule has 114 valence electrons. The summed E-state index contributed by atoms with van der Waals surface area (Å²) in [6.45, 7) is 7.30. The van der Waals surface area contributed by atoms with Gasteiger partial charge in [-0.05, 0) is 41.7 Å². The Morgan fingerprint density at radius 3 is 2.64 bits per heavy atom. The molecule has 0 aliphatic carbocycles. The zero-order valence-corrected chi connectivity index (χ0v) is 13.3. The summed E-state index contributed by atoms with van der Waals surface area (Å²) in [6.07, 6.45) is 1.28. The summed E-state index contributed by atoms with van der Waals surface area (Å²) in [7, 11) is 0. The third-order valence-electron chi connectivity index (χ3n) is 4.00. The van der Waals surface area contributed by atoms with Gasteiger partial charge in [-0.25, -0.2) is 0 Å². The molecule has 1 aromatic heterocycles. The normalized spacial score (nSPS) is 13.0. The number of hydrogen-bond acceptors (Lipinski definition) is 2. The van der Waals surface area contributed by atoms with Crippen LogP contribution in [0.2, 0.25) is 0 Å². The van der Waals surface area contributed by atoms with Crippen LogP contribution in [0, 0.1) is 12.8 Å². The zero-order valence-electron chi connectivity index (χ0n) is 13.3. The lowest BCUT2D eigenvalue weighted by Gasteiger charge is -2.14. The number of aliphatic hydroxyl groups excluding tert-OH is 1. The van der Waals surface area contributed by atoms with Crippen molar-refractivity contribution in [1.29, 1.82) is 0 Å². The number of aryl methyl sites for hydroxylation is 1. The van der Waals surface area contributed by atoms with Crippen molar-refractivity contribution in [2.24, 2.45) is 5.92 Å². The van der Waals surface area contributed by atoms with Crippen LogP contribution < -0.4 is 0 Å². The molecule has 0 amide bonds. The standard InChI is InChI=1S/C19H22N2O/c1-13(2)12-21-18-9-8-15(10-16(18)11-20-21)19(22)17-7-5-4-6-14(17)3/h4-11,13,19,22H,12H2,1-3H3. The van der Waals surface area contributed by atoms with E-state index in [2.05, 4.69) is 25.0 Å². The number of hydrogen-bond donors (Lipinski definition) is 1. The van der Waals surface area contributed by atoms with E-state index in [1.165, 1.54) is 0 Å². The summed E-state index contributed by atoms with van der Waals surface area (Å²) in [4.78, 5) is 0. The molecular formula is C19H22N2O. The molecule has 3 heteroatoms. The quantitative estimate of drug-likeness (QED) is 0.787. The third kappa shape index (κ3) is 2.77. The molecule has 1 unspecified atom stereocenters. The average Bonchev–Trinajstić information content (AvgIpc) is 2.89. The van der Waals surface area contributed by atoms with Crippen molar-refractivity contribution in [2.45, 2.75) is 33.4 Å². The maximum absolute atomic E-state index is 10.7. The first-order valence-electron chi connectivity index (χ1n) is 7.75. The third-order valence-corrected chi connectivity index (χ3v) is 4.00. The van der Waals surface area contributed by atoms with Crippen molar-refractivity contribution in [2.75, 3.05) is 0 Å². The van der Waals surface area contributed by atoms with Crippen molar-refractivity contribution in [3.63, 3.8) is 0 Å². The molecule has 0 spiro atoms. The van der Waals surface area contributed by atoms with Gasteiger partial charge in [-0.2, -0.15) is 5.10 Å². The number of benzene rings is 2. The summed E-state index contributed by atoms with van der Waals surface area (Å²) >= 11 is 0. The van der Waals surface area contributed by atoms with Gasteiger partial charge < -0.3 is 5.11 Å². The Hall–Kier alpha value is -2.13. The van der Waals surface area contributed by atoms with Gasteiger partial charge in [0, 0.05) is 11.9 Å². The van der Waals surface area contributed by atoms with Crippen LogP contribution in [0.3, 0.4) is 0 Å². The van der Waals surface area contributed by atoms with Crippen LogP contribution in [0.4, 0.5) is 0 Å². The molecule has 1 heterocycles. The largest absolute Gasteiger partial charge is 0.384 e. The van der Waals surface area contributed by atoms with E-state index in [0.717, 1.165) is 34.1 Å². The molecule has 1 atom stereocenters. The Labute approximate surface area is 131 Å². The summed E-state index contributed by atoms with van der Waals surface area (Å²) in [5.41, 5.74) is 4.09. The highest BCUT2D eigenvalue weighted by atomic mass is 16.3. The highest BCUT2D eigenvalue weighted by Gasteiger charge is 2.14. The molecule has 1 N–H and O–H groups in total. The summed E-state index contributed by atoms with van der Waals surface area (Å²) in [6, 6.07) is 14.1. The number of aliphatic hydroxyl groups is 1. The van der Waals surface area contributed by atoms with Crippen LogP contribution >= 0.6 is 0 Å². The monoisotopic (exact) mass is 294 g/mol. The Kier molecular flexibility index (Phi) is 3.99. The minimum atomic E-state index is -0.598. The SMILES string of the molecule is Cc1ccccc1C(O)c1ccc2c(cnn2CC(C)C)c1. The number of rotatable bonds is 4. The number of fused-ring (bicyclic) bond motifs is 1. The smallest absolute Gasteiger partial charge is 0.104 e. The van der Waals surface area contributed by atoms with E-state index >= 15 is 0 Å². The fraction of sp³-hybridized carbons (Fsp3) is 0.316. The van der Waals surface area contributed by atoms with Crippen LogP contribution in [-0.4, -0.2) is 14.9 Å². The first-order chi connectivity index (χ1) is 10.6. The van der Waals surface area contributed by atoms with E-state index in [1.807, 2.05) is 54.2 Å². The Morgan fingerprint density at radius 2 is 1.91 bits per heavy atom. The van der Waals surface area contributed by atoms with E-state index in [-0.39, 0.29) is 0 Å². The van der Waals surface area contributed by atoms with Crippen LogP contribution in [0.5, 0.6) is 0 Å². The number of nitrogens with zero attached hydrogens (tertiary/aromatic N) is 2. The number of aromatic nitrogens is 2. The van der Waals surface area contributed by atoms with Gasteiger partial charge in [0.1, 0.15) is 6.10 Å². The molecule has 2 aromatic carbocycles. The lowest BCUT2D eigenvalue weighted by Crippen LogP contribution is -2.06. The molecule has 0 saturated carbocycles. The van der Waals surface area contributed by atoms with Gasteiger partial charge in [0.05, 0.1) is 11.7 Å². The van der Waals surface area contributed by atoms with Gasteiger partial charge >= 0.3 is 0 Å². The molecule has 0 saturated heterocycles. The molecular weight excluding hydrogens is 272 g/mol. The first kappa shape index (κ1) is 14.8. The molecule has 3 aromatic rings. The van der Waals surface area contributed by atoms with Crippen LogP contribution in [0.15, 0.2) is 48.7 Å². The minimum Gasteiger partial charge on any atom is -0.384 e. The zero-order chi connectivity index (χ0) is 15.7. The van der Waals surface area contributed by atoms with Crippen molar-refractivity contribution in [3.05, 3.63) is 65.4 Å². The Bertz CT molecular complexity index is 789. The highest BCUT2D eigenvalue weighted by molar-refractivity contribution is 5.79.